The summed E-state index contributed by atoms with van der Waals surface area (Å²) in [6.45, 7) is 2.23. The monoisotopic (exact) mass is 212 g/mol. The Balaban J connectivity index is 1.88. The standard InChI is InChI=1S/C11H21N3O/c1-2-3-4-5-9-8-6-7-10(15-9)14-11(12)13-8/h8-10H,2-7H2,1H3,(H3,12,13,14)/p+1/t8-,9+,10-/m0/s1. The van der Waals surface area contributed by atoms with Crippen LogP contribution in [0.5, 0.6) is 0 Å². The van der Waals surface area contributed by atoms with Crippen LogP contribution in [0.2, 0.25) is 0 Å². The summed E-state index contributed by atoms with van der Waals surface area (Å²) < 4.78 is 5.95. The van der Waals surface area contributed by atoms with Gasteiger partial charge in [-0.15, -0.1) is 0 Å². The van der Waals surface area contributed by atoms with Crippen LogP contribution in [0.4, 0.5) is 0 Å². The highest BCUT2D eigenvalue weighted by Crippen LogP contribution is 2.21. The molecule has 3 aliphatic heterocycles. The number of fused-ring (bicyclic) bond motifs is 3. The molecule has 0 saturated carbocycles. The predicted molar refractivity (Wildman–Crippen MR) is 59.1 cm³/mol. The van der Waals surface area contributed by atoms with E-state index in [1.807, 2.05) is 0 Å². The molecule has 4 heteroatoms. The SMILES string of the molecule is CCCCC[C@H]1O[C@H]2CC[C@@H]1NC(N)=[NH+]2. The summed E-state index contributed by atoms with van der Waals surface area (Å²) in [5, 5.41) is 3.31. The lowest BCUT2D eigenvalue weighted by molar-refractivity contribution is -0.569. The van der Waals surface area contributed by atoms with Crippen LogP contribution in [-0.4, -0.2) is 24.3 Å². The molecular formula is C11H22N3O+. The maximum Gasteiger partial charge on any atom is 0.343 e. The van der Waals surface area contributed by atoms with Crippen molar-refractivity contribution in [1.82, 2.24) is 5.32 Å². The molecule has 3 rings (SSSR count). The van der Waals surface area contributed by atoms with Gasteiger partial charge in [-0.2, -0.15) is 0 Å². The Morgan fingerprint density at radius 3 is 3.13 bits per heavy atom. The number of unbranched alkanes of at least 4 members (excludes halogenated alkanes) is 2. The third kappa shape index (κ3) is 2.62. The van der Waals surface area contributed by atoms with Crippen molar-refractivity contribution in [3.05, 3.63) is 0 Å². The minimum atomic E-state index is 0.128. The van der Waals surface area contributed by atoms with Gasteiger partial charge in [0.25, 0.3) is 0 Å². The van der Waals surface area contributed by atoms with Gasteiger partial charge in [-0.1, -0.05) is 26.2 Å². The van der Waals surface area contributed by atoms with Crippen LogP contribution in [0.3, 0.4) is 0 Å². The normalized spacial score (nSPS) is 34.5. The minimum Gasteiger partial charge on any atom is -0.339 e. The number of nitrogens with two attached hydrogens (primary N) is 1. The van der Waals surface area contributed by atoms with Crippen LogP contribution in [0, 0.1) is 0 Å². The highest BCUT2D eigenvalue weighted by atomic mass is 16.5. The molecule has 3 aliphatic rings. The van der Waals surface area contributed by atoms with Crippen molar-refractivity contribution >= 4 is 5.96 Å². The lowest BCUT2D eigenvalue weighted by Gasteiger charge is -2.29. The summed E-state index contributed by atoms with van der Waals surface area (Å²) in [5.41, 5.74) is 5.79. The van der Waals surface area contributed by atoms with Crippen molar-refractivity contribution in [2.45, 2.75) is 63.8 Å². The summed E-state index contributed by atoms with van der Waals surface area (Å²) in [4.78, 5) is 3.15. The van der Waals surface area contributed by atoms with Gasteiger partial charge >= 0.3 is 5.96 Å². The number of ether oxygens (including phenoxy) is 1. The lowest BCUT2D eigenvalue weighted by Crippen LogP contribution is -2.83. The largest absolute Gasteiger partial charge is 0.343 e. The number of hydrogen-bond donors (Lipinski definition) is 3. The van der Waals surface area contributed by atoms with E-state index in [4.69, 9.17) is 10.5 Å². The highest BCUT2D eigenvalue weighted by Gasteiger charge is 2.36. The van der Waals surface area contributed by atoms with Crippen LogP contribution in [0.15, 0.2) is 0 Å². The van der Waals surface area contributed by atoms with E-state index in [-0.39, 0.29) is 6.23 Å². The molecule has 0 aromatic carbocycles. The summed E-state index contributed by atoms with van der Waals surface area (Å²) in [5.74, 6) is 0.681. The van der Waals surface area contributed by atoms with Gasteiger partial charge < -0.3 is 4.74 Å². The second-order valence-corrected chi connectivity index (χ2v) is 4.55. The van der Waals surface area contributed by atoms with Gasteiger partial charge in [0.2, 0.25) is 0 Å². The molecule has 3 atom stereocenters. The molecule has 86 valence electrons. The fourth-order valence-electron chi connectivity index (χ4n) is 2.44. The molecule has 0 unspecified atom stereocenters. The van der Waals surface area contributed by atoms with E-state index in [0.29, 0.717) is 18.1 Å². The Bertz CT molecular complexity index is 242. The molecule has 0 spiro atoms. The molecule has 2 bridgehead atoms. The average Bonchev–Trinajstić information content (AvgIpc) is 2.47. The van der Waals surface area contributed by atoms with E-state index in [9.17, 15) is 0 Å². The van der Waals surface area contributed by atoms with E-state index in [0.717, 1.165) is 19.3 Å². The summed E-state index contributed by atoms with van der Waals surface area (Å²) in [6, 6.07) is 0.410. The third-order valence-electron chi connectivity index (χ3n) is 3.28. The average molecular weight is 212 g/mol. The molecule has 1 fully saturated rings. The van der Waals surface area contributed by atoms with Crippen LogP contribution >= 0.6 is 0 Å². The molecule has 3 heterocycles. The summed E-state index contributed by atoms with van der Waals surface area (Å²) in [6.07, 6.45) is 7.65. The van der Waals surface area contributed by atoms with E-state index in [1.165, 1.54) is 19.3 Å². The number of guanidine groups is 1. The molecule has 4 nitrogen and oxygen atoms in total. The third-order valence-corrected chi connectivity index (χ3v) is 3.28. The van der Waals surface area contributed by atoms with Gasteiger partial charge in [0, 0.05) is 6.42 Å². The first-order valence-electron chi connectivity index (χ1n) is 6.10. The van der Waals surface area contributed by atoms with E-state index in [2.05, 4.69) is 17.2 Å². The number of nitrogens with one attached hydrogen (secondary N) is 2. The second-order valence-electron chi connectivity index (χ2n) is 4.55. The second kappa shape index (κ2) is 4.84. The van der Waals surface area contributed by atoms with E-state index >= 15 is 0 Å². The van der Waals surface area contributed by atoms with Crippen molar-refractivity contribution in [1.29, 1.82) is 0 Å². The Kier molecular flexibility index (Phi) is 3.46. The highest BCUT2D eigenvalue weighted by molar-refractivity contribution is 5.72. The quantitative estimate of drug-likeness (QED) is 0.547. The molecule has 0 aliphatic carbocycles. The minimum absolute atomic E-state index is 0.128. The number of rotatable bonds is 4. The van der Waals surface area contributed by atoms with E-state index in [1.54, 1.807) is 0 Å². The van der Waals surface area contributed by atoms with Crippen LogP contribution in [0.25, 0.3) is 0 Å². The predicted octanol–water partition coefficient (Wildman–Crippen LogP) is -0.561. The molecule has 0 aromatic rings. The zero-order valence-corrected chi connectivity index (χ0v) is 9.46. The molecule has 15 heavy (non-hydrogen) atoms. The van der Waals surface area contributed by atoms with Crippen molar-refractivity contribution in [2.75, 3.05) is 0 Å². The lowest BCUT2D eigenvalue weighted by atomic mass is 9.97. The smallest absolute Gasteiger partial charge is 0.339 e. The van der Waals surface area contributed by atoms with Crippen molar-refractivity contribution < 1.29 is 9.73 Å². The Hall–Kier alpha value is -0.770. The van der Waals surface area contributed by atoms with Crippen LogP contribution in [0.1, 0.15) is 45.4 Å². The van der Waals surface area contributed by atoms with Gasteiger partial charge in [-0.25, -0.2) is 0 Å². The summed E-state index contributed by atoms with van der Waals surface area (Å²) in [7, 11) is 0. The maximum absolute atomic E-state index is 5.95. The first kappa shape index (κ1) is 10.7. The van der Waals surface area contributed by atoms with Crippen LogP contribution in [-0.2, 0) is 4.74 Å². The zero-order valence-electron chi connectivity index (χ0n) is 9.46. The van der Waals surface area contributed by atoms with Gasteiger partial charge in [0.1, 0.15) is 6.04 Å². The Labute approximate surface area is 91.3 Å². The van der Waals surface area contributed by atoms with Crippen molar-refractivity contribution in [2.24, 2.45) is 5.73 Å². The first-order chi connectivity index (χ1) is 7.29. The molecule has 1 saturated heterocycles. The van der Waals surface area contributed by atoms with E-state index < -0.39 is 0 Å². The molecule has 0 aromatic heterocycles. The van der Waals surface area contributed by atoms with Crippen molar-refractivity contribution in [3.63, 3.8) is 0 Å². The van der Waals surface area contributed by atoms with Crippen LogP contribution < -0.4 is 16.0 Å². The van der Waals surface area contributed by atoms with Gasteiger partial charge in [-0.3, -0.25) is 16.0 Å². The van der Waals surface area contributed by atoms with Gasteiger partial charge in [0.05, 0.1) is 6.10 Å². The molecule has 0 radical (unpaired) electrons. The maximum atomic E-state index is 5.95. The first-order valence-corrected chi connectivity index (χ1v) is 6.10. The molecule has 4 N–H and O–H groups in total. The summed E-state index contributed by atoms with van der Waals surface area (Å²) >= 11 is 0. The fourth-order valence-corrected chi connectivity index (χ4v) is 2.44. The molecule has 0 amide bonds. The Morgan fingerprint density at radius 1 is 1.47 bits per heavy atom. The zero-order chi connectivity index (χ0) is 10.7. The van der Waals surface area contributed by atoms with Crippen molar-refractivity contribution in [3.8, 4) is 0 Å². The molecular weight excluding hydrogens is 190 g/mol. The number of hydrogen-bond acceptors (Lipinski definition) is 3. The fraction of sp³-hybridized carbons (Fsp3) is 0.909. The Morgan fingerprint density at radius 2 is 2.33 bits per heavy atom. The van der Waals surface area contributed by atoms with Gasteiger partial charge in [0.15, 0.2) is 6.23 Å². The topological polar surface area (TPSA) is 61.2 Å². The van der Waals surface area contributed by atoms with Gasteiger partial charge in [-0.05, 0) is 12.8 Å².